The van der Waals surface area contributed by atoms with E-state index in [0.29, 0.717) is 29.6 Å². The highest BCUT2D eigenvalue weighted by Crippen LogP contribution is 2.25. The minimum Gasteiger partial charge on any atom is -0.461 e. The molecule has 2 aromatic heterocycles. The van der Waals surface area contributed by atoms with Crippen LogP contribution in [0, 0.1) is 0 Å². The average Bonchev–Trinajstić information content (AvgIpc) is 3.08. The van der Waals surface area contributed by atoms with Gasteiger partial charge in [-0.3, -0.25) is 0 Å². The number of rotatable bonds is 5. The van der Waals surface area contributed by atoms with E-state index in [1.807, 2.05) is 30.3 Å². The molecule has 2 N–H and O–H groups in total. The number of hydrogen-bond acceptors (Lipinski definition) is 6. The first kappa shape index (κ1) is 13.3. The molecule has 3 aromatic rings. The van der Waals surface area contributed by atoms with Crippen LogP contribution in [0.1, 0.15) is 0 Å². The molecule has 2 heterocycles. The zero-order valence-corrected chi connectivity index (χ0v) is 11.2. The molecule has 0 atom stereocenters. The first-order valence-corrected chi connectivity index (χ1v) is 6.57. The molecule has 6 nitrogen and oxygen atoms in total. The van der Waals surface area contributed by atoms with Gasteiger partial charge in [-0.1, -0.05) is 30.3 Å². The lowest BCUT2D eigenvalue weighted by molar-refractivity contribution is 0.311. The molecular formula is C15H14N4O2. The van der Waals surface area contributed by atoms with Crippen LogP contribution < -0.4 is 5.32 Å². The smallest absolute Gasteiger partial charge is 0.219 e. The van der Waals surface area contributed by atoms with E-state index >= 15 is 0 Å². The van der Waals surface area contributed by atoms with Gasteiger partial charge in [-0.2, -0.15) is 0 Å². The second-order valence-corrected chi connectivity index (χ2v) is 4.33. The third kappa shape index (κ3) is 2.90. The fourth-order valence-corrected chi connectivity index (χ4v) is 1.92. The predicted octanol–water partition coefficient (Wildman–Crippen LogP) is 2.20. The molecular weight excluding hydrogens is 268 g/mol. The summed E-state index contributed by atoms with van der Waals surface area (Å²) in [5, 5.41) is 20.4. The standard InChI is InChI=1S/C15H14N4O2/c20-9-8-16-15-13(11-5-2-1-3-6-11)18-19-14(17-15)12-7-4-10-21-12/h1-7,10,20H,8-9H2,(H,16,17,19). The van der Waals surface area contributed by atoms with E-state index < -0.39 is 0 Å². The van der Waals surface area contributed by atoms with E-state index in [1.165, 1.54) is 0 Å². The lowest BCUT2D eigenvalue weighted by Crippen LogP contribution is -2.10. The number of anilines is 1. The largest absolute Gasteiger partial charge is 0.461 e. The van der Waals surface area contributed by atoms with Crippen LogP contribution in [-0.4, -0.2) is 33.4 Å². The number of aliphatic hydroxyl groups is 1. The predicted molar refractivity (Wildman–Crippen MR) is 78.5 cm³/mol. The van der Waals surface area contributed by atoms with Gasteiger partial charge in [-0.05, 0) is 12.1 Å². The first-order valence-electron chi connectivity index (χ1n) is 6.57. The summed E-state index contributed by atoms with van der Waals surface area (Å²) in [7, 11) is 0. The molecule has 106 valence electrons. The topological polar surface area (TPSA) is 84.1 Å². The van der Waals surface area contributed by atoms with Crippen LogP contribution in [0.3, 0.4) is 0 Å². The SMILES string of the molecule is OCCNc1nc(-c2ccco2)nnc1-c1ccccc1. The Balaban J connectivity index is 2.03. The lowest BCUT2D eigenvalue weighted by Gasteiger charge is -2.09. The molecule has 0 spiro atoms. The molecule has 0 amide bonds. The zero-order valence-electron chi connectivity index (χ0n) is 11.2. The summed E-state index contributed by atoms with van der Waals surface area (Å²) in [5.41, 5.74) is 1.54. The van der Waals surface area contributed by atoms with Gasteiger partial charge in [0, 0.05) is 12.1 Å². The quantitative estimate of drug-likeness (QED) is 0.746. The van der Waals surface area contributed by atoms with Crippen molar-refractivity contribution in [2.75, 3.05) is 18.5 Å². The number of benzene rings is 1. The Bertz CT molecular complexity index is 699. The number of aliphatic hydroxyl groups excluding tert-OH is 1. The van der Waals surface area contributed by atoms with Crippen molar-refractivity contribution in [1.82, 2.24) is 15.2 Å². The summed E-state index contributed by atoms with van der Waals surface area (Å²) in [5.74, 6) is 1.52. The van der Waals surface area contributed by atoms with Crippen molar-refractivity contribution in [3.05, 3.63) is 48.7 Å². The Hall–Kier alpha value is -2.73. The minimum absolute atomic E-state index is 0.00825. The van der Waals surface area contributed by atoms with E-state index in [0.717, 1.165) is 5.56 Å². The number of hydrogen-bond donors (Lipinski definition) is 2. The van der Waals surface area contributed by atoms with Gasteiger partial charge in [0.1, 0.15) is 5.69 Å². The molecule has 0 fully saturated rings. The van der Waals surface area contributed by atoms with Crippen LogP contribution in [0.2, 0.25) is 0 Å². The van der Waals surface area contributed by atoms with Gasteiger partial charge in [0.05, 0.1) is 12.9 Å². The third-order valence-electron chi connectivity index (χ3n) is 2.88. The van der Waals surface area contributed by atoms with Gasteiger partial charge in [-0.25, -0.2) is 4.98 Å². The summed E-state index contributed by atoms with van der Waals surface area (Å²) in [6.07, 6.45) is 1.56. The summed E-state index contributed by atoms with van der Waals surface area (Å²) in [4.78, 5) is 4.44. The maximum Gasteiger partial charge on any atom is 0.219 e. The van der Waals surface area contributed by atoms with E-state index in [1.54, 1.807) is 18.4 Å². The van der Waals surface area contributed by atoms with Crippen LogP contribution in [0.5, 0.6) is 0 Å². The number of nitrogens with one attached hydrogen (secondary N) is 1. The van der Waals surface area contributed by atoms with Crippen molar-refractivity contribution in [1.29, 1.82) is 0 Å². The summed E-state index contributed by atoms with van der Waals surface area (Å²) in [6.45, 7) is 0.393. The van der Waals surface area contributed by atoms with Gasteiger partial charge in [0.15, 0.2) is 11.6 Å². The normalized spacial score (nSPS) is 10.5. The first-order chi connectivity index (χ1) is 10.4. The van der Waals surface area contributed by atoms with Crippen LogP contribution in [0.25, 0.3) is 22.8 Å². The second-order valence-electron chi connectivity index (χ2n) is 4.33. The summed E-state index contributed by atoms with van der Waals surface area (Å²) < 4.78 is 5.28. The molecule has 0 aliphatic carbocycles. The molecule has 0 saturated carbocycles. The van der Waals surface area contributed by atoms with E-state index in [-0.39, 0.29) is 6.61 Å². The number of furan rings is 1. The van der Waals surface area contributed by atoms with Gasteiger partial charge in [0.25, 0.3) is 0 Å². The number of nitrogens with zero attached hydrogens (tertiary/aromatic N) is 3. The maximum atomic E-state index is 9.00. The Morgan fingerprint density at radius 2 is 1.90 bits per heavy atom. The van der Waals surface area contributed by atoms with Gasteiger partial charge < -0.3 is 14.8 Å². The molecule has 6 heteroatoms. The van der Waals surface area contributed by atoms with Gasteiger partial charge in [0.2, 0.25) is 5.82 Å². The van der Waals surface area contributed by atoms with Crippen LogP contribution in [0.15, 0.2) is 53.1 Å². The molecule has 0 unspecified atom stereocenters. The van der Waals surface area contributed by atoms with Crippen molar-refractivity contribution in [2.45, 2.75) is 0 Å². The summed E-state index contributed by atoms with van der Waals surface area (Å²) in [6, 6.07) is 13.2. The Labute approximate surface area is 121 Å². The molecule has 21 heavy (non-hydrogen) atoms. The van der Waals surface area contributed by atoms with E-state index in [9.17, 15) is 0 Å². The van der Waals surface area contributed by atoms with E-state index in [2.05, 4.69) is 20.5 Å². The highest BCUT2D eigenvalue weighted by Gasteiger charge is 2.13. The van der Waals surface area contributed by atoms with Gasteiger partial charge in [-0.15, -0.1) is 10.2 Å². The maximum absolute atomic E-state index is 9.00. The fourth-order valence-electron chi connectivity index (χ4n) is 1.92. The highest BCUT2D eigenvalue weighted by molar-refractivity contribution is 5.72. The Morgan fingerprint density at radius 3 is 2.62 bits per heavy atom. The third-order valence-corrected chi connectivity index (χ3v) is 2.88. The lowest BCUT2D eigenvalue weighted by atomic mass is 10.1. The zero-order chi connectivity index (χ0) is 14.5. The van der Waals surface area contributed by atoms with Crippen molar-refractivity contribution in [3.8, 4) is 22.8 Å². The van der Waals surface area contributed by atoms with Crippen molar-refractivity contribution < 1.29 is 9.52 Å². The highest BCUT2D eigenvalue weighted by atomic mass is 16.3. The van der Waals surface area contributed by atoms with Crippen LogP contribution >= 0.6 is 0 Å². The monoisotopic (exact) mass is 282 g/mol. The molecule has 0 aliphatic rings. The Morgan fingerprint density at radius 1 is 1.05 bits per heavy atom. The molecule has 3 rings (SSSR count). The minimum atomic E-state index is 0.00825. The van der Waals surface area contributed by atoms with Crippen LogP contribution in [-0.2, 0) is 0 Å². The molecule has 0 radical (unpaired) electrons. The molecule has 1 aromatic carbocycles. The van der Waals surface area contributed by atoms with Crippen molar-refractivity contribution >= 4 is 5.82 Å². The molecule has 0 saturated heterocycles. The van der Waals surface area contributed by atoms with Crippen molar-refractivity contribution in [2.24, 2.45) is 0 Å². The van der Waals surface area contributed by atoms with Gasteiger partial charge >= 0.3 is 0 Å². The number of aromatic nitrogens is 3. The fraction of sp³-hybridized carbons (Fsp3) is 0.133. The average molecular weight is 282 g/mol. The second kappa shape index (κ2) is 6.15. The van der Waals surface area contributed by atoms with E-state index in [4.69, 9.17) is 9.52 Å². The van der Waals surface area contributed by atoms with Crippen LogP contribution in [0.4, 0.5) is 5.82 Å². The molecule has 0 bridgehead atoms. The van der Waals surface area contributed by atoms with Crippen molar-refractivity contribution in [3.63, 3.8) is 0 Å². The molecule has 0 aliphatic heterocycles. The Kier molecular flexibility index (Phi) is 3.88. The summed E-state index contributed by atoms with van der Waals surface area (Å²) >= 11 is 0.